The molecular formula is C15H33NS. The SMILES string of the molecule is CCCCCN(C)CC(CS)(CCC)CCC. The van der Waals surface area contributed by atoms with E-state index in [4.69, 9.17) is 0 Å². The third-order valence-electron chi connectivity index (χ3n) is 3.64. The molecule has 17 heavy (non-hydrogen) atoms. The van der Waals surface area contributed by atoms with E-state index in [0.717, 1.165) is 5.75 Å². The van der Waals surface area contributed by atoms with Gasteiger partial charge in [-0.05, 0) is 44.0 Å². The largest absolute Gasteiger partial charge is 0.306 e. The highest BCUT2D eigenvalue weighted by Gasteiger charge is 2.27. The first-order chi connectivity index (χ1) is 8.14. The Hall–Kier alpha value is 0.310. The van der Waals surface area contributed by atoms with Crippen molar-refractivity contribution in [1.29, 1.82) is 0 Å². The van der Waals surface area contributed by atoms with Crippen LogP contribution in [-0.2, 0) is 0 Å². The summed E-state index contributed by atoms with van der Waals surface area (Å²) in [5, 5.41) is 0. The molecule has 0 aromatic rings. The van der Waals surface area contributed by atoms with Gasteiger partial charge in [0, 0.05) is 6.54 Å². The van der Waals surface area contributed by atoms with Gasteiger partial charge in [-0.3, -0.25) is 0 Å². The lowest BCUT2D eigenvalue weighted by Gasteiger charge is -2.36. The predicted molar refractivity (Wildman–Crippen MR) is 83.1 cm³/mol. The van der Waals surface area contributed by atoms with Crippen LogP contribution in [0.25, 0.3) is 0 Å². The normalized spacial score (nSPS) is 12.4. The summed E-state index contributed by atoms with van der Waals surface area (Å²) in [7, 11) is 2.28. The average molecular weight is 260 g/mol. The molecule has 0 amide bonds. The monoisotopic (exact) mass is 259 g/mol. The molecule has 0 unspecified atom stereocenters. The molecule has 0 rings (SSSR count). The second-order valence-electron chi connectivity index (χ2n) is 5.60. The van der Waals surface area contributed by atoms with Crippen molar-refractivity contribution in [3.63, 3.8) is 0 Å². The Morgan fingerprint density at radius 3 is 1.94 bits per heavy atom. The molecule has 1 nitrogen and oxygen atoms in total. The average Bonchev–Trinajstić information content (AvgIpc) is 2.30. The van der Waals surface area contributed by atoms with E-state index in [9.17, 15) is 0 Å². The highest BCUT2D eigenvalue weighted by atomic mass is 32.1. The van der Waals surface area contributed by atoms with Gasteiger partial charge in [0.05, 0.1) is 0 Å². The summed E-state index contributed by atoms with van der Waals surface area (Å²) in [5.41, 5.74) is 0.452. The molecule has 0 heterocycles. The van der Waals surface area contributed by atoms with Crippen LogP contribution in [0.5, 0.6) is 0 Å². The first kappa shape index (κ1) is 17.3. The number of unbranched alkanes of at least 4 members (excludes halogenated alkanes) is 2. The van der Waals surface area contributed by atoms with Gasteiger partial charge >= 0.3 is 0 Å². The Morgan fingerprint density at radius 2 is 1.53 bits per heavy atom. The number of hydrogen-bond donors (Lipinski definition) is 1. The van der Waals surface area contributed by atoms with Crippen LogP contribution in [0.15, 0.2) is 0 Å². The predicted octanol–water partition coefficient (Wildman–Crippen LogP) is 4.62. The molecule has 0 aliphatic heterocycles. The number of rotatable bonds is 11. The summed E-state index contributed by atoms with van der Waals surface area (Å²) < 4.78 is 0. The van der Waals surface area contributed by atoms with Crippen LogP contribution in [0, 0.1) is 5.41 Å². The van der Waals surface area contributed by atoms with Gasteiger partial charge in [0.2, 0.25) is 0 Å². The number of hydrogen-bond acceptors (Lipinski definition) is 2. The fourth-order valence-corrected chi connectivity index (χ4v) is 3.25. The molecular weight excluding hydrogens is 226 g/mol. The highest BCUT2D eigenvalue weighted by molar-refractivity contribution is 7.80. The van der Waals surface area contributed by atoms with Gasteiger partial charge in [-0.1, -0.05) is 46.5 Å². The number of thiol groups is 1. The van der Waals surface area contributed by atoms with Gasteiger partial charge in [0.25, 0.3) is 0 Å². The van der Waals surface area contributed by atoms with Crippen molar-refractivity contribution >= 4 is 12.6 Å². The summed E-state index contributed by atoms with van der Waals surface area (Å²) in [6.07, 6.45) is 9.22. The lowest BCUT2D eigenvalue weighted by molar-refractivity contribution is 0.168. The maximum Gasteiger partial charge on any atom is 0.00427 e. The standard InChI is InChI=1S/C15H33NS/c1-5-8-9-12-16(4)13-15(14-17,10-6-2)11-7-3/h17H,5-14H2,1-4H3. The summed E-state index contributed by atoms with van der Waals surface area (Å²) in [4.78, 5) is 2.52. The zero-order valence-electron chi connectivity index (χ0n) is 12.5. The lowest BCUT2D eigenvalue weighted by Crippen LogP contribution is -2.37. The molecule has 0 radical (unpaired) electrons. The smallest absolute Gasteiger partial charge is 0.00427 e. The minimum absolute atomic E-state index is 0.452. The minimum atomic E-state index is 0.452. The molecule has 0 saturated heterocycles. The zero-order valence-corrected chi connectivity index (χ0v) is 13.4. The summed E-state index contributed by atoms with van der Waals surface area (Å²) >= 11 is 4.63. The first-order valence-corrected chi connectivity index (χ1v) is 8.06. The molecule has 104 valence electrons. The van der Waals surface area contributed by atoms with Crippen molar-refractivity contribution in [3.8, 4) is 0 Å². The van der Waals surface area contributed by atoms with E-state index < -0.39 is 0 Å². The molecule has 0 bridgehead atoms. The second-order valence-corrected chi connectivity index (χ2v) is 5.92. The molecule has 0 atom stereocenters. The van der Waals surface area contributed by atoms with Crippen LogP contribution >= 0.6 is 12.6 Å². The quantitative estimate of drug-likeness (QED) is 0.418. The van der Waals surface area contributed by atoms with Crippen LogP contribution in [0.3, 0.4) is 0 Å². The summed E-state index contributed by atoms with van der Waals surface area (Å²) in [6, 6.07) is 0. The highest BCUT2D eigenvalue weighted by Crippen LogP contribution is 2.32. The van der Waals surface area contributed by atoms with Crippen molar-refractivity contribution in [2.45, 2.75) is 65.7 Å². The van der Waals surface area contributed by atoms with Gasteiger partial charge in [0.1, 0.15) is 0 Å². The molecule has 0 saturated carbocycles. The van der Waals surface area contributed by atoms with Crippen molar-refractivity contribution in [3.05, 3.63) is 0 Å². The Balaban J connectivity index is 4.19. The zero-order chi connectivity index (χ0) is 13.1. The van der Waals surface area contributed by atoms with E-state index in [0.29, 0.717) is 5.41 Å². The van der Waals surface area contributed by atoms with Crippen LogP contribution in [0.4, 0.5) is 0 Å². The van der Waals surface area contributed by atoms with Crippen molar-refractivity contribution < 1.29 is 0 Å². The summed E-state index contributed by atoms with van der Waals surface area (Å²) in [6.45, 7) is 9.33. The molecule has 2 heteroatoms. The van der Waals surface area contributed by atoms with Crippen LogP contribution in [0.2, 0.25) is 0 Å². The Kier molecular flexibility index (Phi) is 10.4. The van der Waals surface area contributed by atoms with E-state index in [2.05, 4.69) is 45.3 Å². The third kappa shape index (κ3) is 7.35. The molecule has 0 aliphatic rings. The van der Waals surface area contributed by atoms with Crippen LogP contribution < -0.4 is 0 Å². The molecule has 0 aliphatic carbocycles. The van der Waals surface area contributed by atoms with Gasteiger partial charge in [0.15, 0.2) is 0 Å². The Bertz CT molecular complexity index is 164. The second kappa shape index (κ2) is 10.3. The maximum absolute atomic E-state index is 4.63. The topological polar surface area (TPSA) is 3.24 Å². The van der Waals surface area contributed by atoms with E-state index in [1.54, 1.807) is 0 Å². The van der Waals surface area contributed by atoms with Gasteiger partial charge < -0.3 is 4.90 Å². The molecule has 0 aromatic carbocycles. The molecule has 0 N–H and O–H groups in total. The third-order valence-corrected chi connectivity index (χ3v) is 4.32. The van der Waals surface area contributed by atoms with Gasteiger partial charge in [-0.2, -0.15) is 12.6 Å². The first-order valence-electron chi connectivity index (χ1n) is 7.43. The maximum atomic E-state index is 4.63. The summed E-state index contributed by atoms with van der Waals surface area (Å²) in [5.74, 6) is 1.03. The Morgan fingerprint density at radius 1 is 0.941 bits per heavy atom. The van der Waals surface area contributed by atoms with Crippen LogP contribution in [0.1, 0.15) is 65.7 Å². The van der Waals surface area contributed by atoms with Crippen LogP contribution in [-0.4, -0.2) is 30.8 Å². The minimum Gasteiger partial charge on any atom is -0.306 e. The number of nitrogens with zero attached hydrogens (tertiary/aromatic N) is 1. The Labute approximate surface area is 115 Å². The fraction of sp³-hybridized carbons (Fsp3) is 1.00. The fourth-order valence-electron chi connectivity index (χ4n) is 2.84. The van der Waals surface area contributed by atoms with Crippen molar-refractivity contribution in [1.82, 2.24) is 4.90 Å². The van der Waals surface area contributed by atoms with E-state index >= 15 is 0 Å². The van der Waals surface area contributed by atoms with Crippen molar-refractivity contribution in [2.75, 3.05) is 25.9 Å². The molecule has 0 fully saturated rings. The van der Waals surface area contributed by atoms with Crippen molar-refractivity contribution in [2.24, 2.45) is 5.41 Å². The van der Waals surface area contributed by atoms with Gasteiger partial charge in [-0.25, -0.2) is 0 Å². The molecule has 0 spiro atoms. The molecule has 0 aromatic heterocycles. The lowest BCUT2D eigenvalue weighted by atomic mass is 9.80. The van der Waals surface area contributed by atoms with E-state index in [1.165, 1.54) is 58.0 Å². The van der Waals surface area contributed by atoms with Gasteiger partial charge in [-0.15, -0.1) is 0 Å². The van der Waals surface area contributed by atoms with E-state index in [-0.39, 0.29) is 0 Å². The van der Waals surface area contributed by atoms with E-state index in [1.807, 2.05) is 0 Å².